The second kappa shape index (κ2) is 6.84. The average Bonchev–Trinajstić information content (AvgIpc) is 2.41. The van der Waals surface area contributed by atoms with E-state index >= 15 is 0 Å². The topological polar surface area (TPSA) is 29.1 Å². The molecular weight excluding hydrogens is 377 g/mol. The molecule has 1 aromatic rings. The second-order valence-corrected chi connectivity index (χ2v) is 7.11. The normalized spacial score (nSPS) is 23.1. The molecule has 1 aliphatic carbocycles. The maximum atomic E-state index is 13.1. The van der Waals surface area contributed by atoms with Gasteiger partial charge in [0.1, 0.15) is 5.82 Å². The van der Waals surface area contributed by atoms with E-state index in [1.54, 1.807) is 0 Å². The minimum atomic E-state index is -0.354. The fraction of sp³-hybridized carbons (Fsp3) is 0.500. The molecule has 0 heterocycles. The van der Waals surface area contributed by atoms with E-state index in [0.717, 1.165) is 12.8 Å². The molecule has 0 unspecified atom stereocenters. The molecule has 2 nitrogen and oxygen atoms in total. The average molecular weight is 393 g/mol. The zero-order valence-corrected chi connectivity index (χ0v) is 13.6. The summed E-state index contributed by atoms with van der Waals surface area (Å²) < 4.78 is 13.4. The molecule has 2 rings (SSSR count). The first-order chi connectivity index (χ1) is 9.06. The van der Waals surface area contributed by atoms with Crippen molar-refractivity contribution >= 4 is 37.8 Å². The van der Waals surface area contributed by atoms with E-state index in [0.29, 0.717) is 27.3 Å². The van der Waals surface area contributed by atoms with Crippen LogP contribution in [0.15, 0.2) is 22.7 Å². The highest BCUT2D eigenvalue weighted by atomic mass is 79.9. The third kappa shape index (κ3) is 4.28. The first kappa shape index (κ1) is 15.0. The predicted molar refractivity (Wildman–Crippen MR) is 81.1 cm³/mol. The number of hydrogen-bond acceptors (Lipinski definition) is 1. The van der Waals surface area contributed by atoms with Crippen LogP contribution in [0.4, 0.5) is 4.39 Å². The number of rotatable bonds is 3. The van der Waals surface area contributed by atoms with Gasteiger partial charge in [-0.3, -0.25) is 4.79 Å². The Balaban J connectivity index is 1.85. The predicted octanol–water partition coefficient (Wildman–Crippen LogP) is 4.27. The molecule has 0 saturated heterocycles. The molecule has 19 heavy (non-hydrogen) atoms. The van der Waals surface area contributed by atoms with Gasteiger partial charge in [0.15, 0.2) is 0 Å². The van der Waals surface area contributed by atoms with Crippen LogP contribution in [0, 0.1) is 11.7 Å². The monoisotopic (exact) mass is 391 g/mol. The van der Waals surface area contributed by atoms with Gasteiger partial charge < -0.3 is 5.32 Å². The van der Waals surface area contributed by atoms with Gasteiger partial charge in [0.2, 0.25) is 0 Å². The molecule has 0 radical (unpaired) electrons. The number of hydrogen-bond donors (Lipinski definition) is 1. The van der Waals surface area contributed by atoms with Crippen molar-refractivity contribution in [3.63, 3.8) is 0 Å². The lowest BCUT2D eigenvalue weighted by Gasteiger charge is -2.25. The van der Waals surface area contributed by atoms with Crippen LogP contribution >= 0.6 is 31.9 Å². The van der Waals surface area contributed by atoms with E-state index in [2.05, 4.69) is 37.2 Å². The fourth-order valence-electron chi connectivity index (χ4n) is 2.30. The Labute approximate surface area is 129 Å². The molecule has 1 N–H and O–H groups in total. The Hall–Kier alpha value is -0.420. The summed E-state index contributed by atoms with van der Waals surface area (Å²) >= 11 is 6.71. The Kier molecular flexibility index (Phi) is 5.39. The number of carbonyl (C=O) groups excluding carboxylic acids is 1. The molecule has 0 spiro atoms. The zero-order chi connectivity index (χ0) is 13.8. The van der Waals surface area contributed by atoms with Gasteiger partial charge in [-0.2, -0.15) is 0 Å². The minimum absolute atomic E-state index is 0.137. The summed E-state index contributed by atoms with van der Waals surface area (Å²) in [7, 11) is 0. The Bertz CT molecular complexity index is 459. The van der Waals surface area contributed by atoms with Crippen LogP contribution in [0.1, 0.15) is 36.0 Å². The molecule has 1 aromatic carbocycles. The third-order valence-electron chi connectivity index (χ3n) is 3.51. The lowest BCUT2D eigenvalue weighted by Crippen LogP contribution is -2.31. The third-order valence-corrected chi connectivity index (χ3v) is 5.03. The zero-order valence-electron chi connectivity index (χ0n) is 10.5. The minimum Gasteiger partial charge on any atom is -0.352 e. The number of carbonyl (C=O) groups is 1. The lowest BCUT2D eigenvalue weighted by atomic mass is 9.89. The van der Waals surface area contributed by atoms with Crippen LogP contribution < -0.4 is 5.32 Å². The van der Waals surface area contributed by atoms with Gasteiger partial charge in [-0.25, -0.2) is 4.39 Å². The highest BCUT2D eigenvalue weighted by Gasteiger charge is 2.19. The van der Waals surface area contributed by atoms with Gasteiger partial charge in [-0.15, -0.1) is 0 Å². The lowest BCUT2D eigenvalue weighted by molar-refractivity contribution is 0.0943. The van der Waals surface area contributed by atoms with Crippen molar-refractivity contribution in [1.82, 2.24) is 5.32 Å². The van der Waals surface area contributed by atoms with Crippen molar-refractivity contribution in [1.29, 1.82) is 0 Å². The van der Waals surface area contributed by atoms with E-state index < -0.39 is 0 Å². The summed E-state index contributed by atoms with van der Waals surface area (Å²) in [5, 5.41) is 2.93. The SMILES string of the molecule is O=C(NCC1CCC(Br)CC1)c1ccc(F)c(Br)c1. The molecule has 1 amide bonds. The molecule has 0 aromatic heterocycles. The van der Waals surface area contributed by atoms with E-state index in [4.69, 9.17) is 0 Å². The van der Waals surface area contributed by atoms with Crippen LogP contribution in [0.25, 0.3) is 0 Å². The molecule has 0 atom stereocenters. The first-order valence-corrected chi connectivity index (χ1v) is 8.14. The molecule has 1 aliphatic rings. The van der Waals surface area contributed by atoms with Crippen LogP contribution in [0.3, 0.4) is 0 Å². The molecule has 0 aliphatic heterocycles. The smallest absolute Gasteiger partial charge is 0.251 e. The number of alkyl halides is 1. The number of nitrogens with one attached hydrogen (secondary N) is 1. The summed E-state index contributed by atoms with van der Waals surface area (Å²) in [6.07, 6.45) is 4.62. The van der Waals surface area contributed by atoms with E-state index in [1.165, 1.54) is 31.0 Å². The summed E-state index contributed by atoms with van der Waals surface area (Å²) in [4.78, 5) is 12.6. The van der Waals surface area contributed by atoms with Crippen molar-refractivity contribution in [3.05, 3.63) is 34.1 Å². The molecular formula is C14H16Br2FNO. The highest BCUT2D eigenvalue weighted by molar-refractivity contribution is 9.10. The molecule has 1 fully saturated rings. The van der Waals surface area contributed by atoms with Crippen LogP contribution in [0.5, 0.6) is 0 Å². The van der Waals surface area contributed by atoms with E-state index in [9.17, 15) is 9.18 Å². The largest absolute Gasteiger partial charge is 0.352 e. The maximum Gasteiger partial charge on any atom is 0.251 e. The summed E-state index contributed by atoms with van der Waals surface area (Å²) in [6, 6.07) is 4.32. The van der Waals surface area contributed by atoms with E-state index in [1.807, 2.05) is 0 Å². The van der Waals surface area contributed by atoms with Gasteiger partial charge in [-0.1, -0.05) is 15.9 Å². The van der Waals surface area contributed by atoms with E-state index in [-0.39, 0.29) is 11.7 Å². The molecule has 0 bridgehead atoms. The van der Waals surface area contributed by atoms with Crippen LogP contribution in [0.2, 0.25) is 0 Å². The molecule has 104 valence electrons. The second-order valence-electron chi connectivity index (χ2n) is 4.96. The van der Waals surface area contributed by atoms with Crippen molar-refractivity contribution in [3.8, 4) is 0 Å². The highest BCUT2D eigenvalue weighted by Crippen LogP contribution is 2.28. The maximum absolute atomic E-state index is 13.1. The molecule has 5 heteroatoms. The number of halogens is 3. The van der Waals surface area contributed by atoms with Crippen molar-refractivity contribution in [2.45, 2.75) is 30.5 Å². The quantitative estimate of drug-likeness (QED) is 0.764. The fourth-order valence-corrected chi connectivity index (χ4v) is 3.21. The Morgan fingerprint density at radius 1 is 1.32 bits per heavy atom. The Morgan fingerprint density at radius 2 is 2.00 bits per heavy atom. The van der Waals surface area contributed by atoms with Gasteiger partial charge >= 0.3 is 0 Å². The first-order valence-electron chi connectivity index (χ1n) is 6.43. The summed E-state index contributed by atoms with van der Waals surface area (Å²) in [6.45, 7) is 0.702. The van der Waals surface area contributed by atoms with Gasteiger partial charge in [0.05, 0.1) is 4.47 Å². The Morgan fingerprint density at radius 3 is 2.63 bits per heavy atom. The van der Waals surface area contributed by atoms with Crippen LogP contribution in [-0.4, -0.2) is 17.3 Å². The number of amides is 1. The molecule has 1 saturated carbocycles. The summed E-state index contributed by atoms with van der Waals surface area (Å²) in [5.41, 5.74) is 0.488. The summed E-state index contributed by atoms with van der Waals surface area (Å²) in [5.74, 6) is 0.0653. The number of benzene rings is 1. The van der Waals surface area contributed by atoms with Crippen molar-refractivity contribution in [2.75, 3.05) is 6.54 Å². The standard InChI is InChI=1S/C14H16Br2FNO/c15-11-4-1-9(2-5-11)8-18-14(19)10-3-6-13(17)12(16)7-10/h3,6-7,9,11H,1-2,4-5,8H2,(H,18,19). The van der Waals surface area contributed by atoms with Crippen LogP contribution in [-0.2, 0) is 0 Å². The van der Waals surface area contributed by atoms with Gasteiger partial charge in [-0.05, 0) is 65.7 Å². The van der Waals surface area contributed by atoms with Crippen molar-refractivity contribution in [2.24, 2.45) is 5.92 Å². The van der Waals surface area contributed by atoms with Crippen molar-refractivity contribution < 1.29 is 9.18 Å². The van der Waals surface area contributed by atoms with Gasteiger partial charge in [0.25, 0.3) is 5.91 Å². The van der Waals surface area contributed by atoms with Gasteiger partial charge in [0, 0.05) is 16.9 Å².